The molecule has 0 saturated carbocycles. The second-order valence-corrected chi connectivity index (χ2v) is 12.7. The molecule has 3 aliphatic rings. The molecule has 0 saturated heterocycles. The van der Waals surface area contributed by atoms with Gasteiger partial charge in [-0.25, -0.2) is 25.6 Å². The van der Waals surface area contributed by atoms with Gasteiger partial charge in [-0.05, 0) is 61.2 Å². The molecule has 2 aliphatic heterocycles. The Bertz CT molecular complexity index is 1470. The lowest BCUT2D eigenvalue weighted by Gasteiger charge is -2.49. The van der Waals surface area contributed by atoms with Crippen molar-refractivity contribution >= 4 is 19.9 Å². The molecule has 6 nitrogen and oxygen atoms in total. The first-order chi connectivity index (χ1) is 16.3. The molecule has 188 valence electrons. The summed E-state index contributed by atoms with van der Waals surface area (Å²) in [6, 6.07) is 4.39. The second-order valence-electron chi connectivity index (χ2n) is 8.69. The van der Waals surface area contributed by atoms with Crippen molar-refractivity contribution in [3.8, 4) is 5.75 Å². The van der Waals surface area contributed by atoms with Gasteiger partial charge in [0, 0.05) is 11.6 Å². The summed E-state index contributed by atoms with van der Waals surface area (Å²) in [6.07, 6.45) is -5.19. The predicted molar refractivity (Wildman–Crippen MR) is 113 cm³/mol. The molecule has 1 N–H and O–H groups in total. The molecule has 0 fully saturated rings. The molecule has 0 aromatic heterocycles. The van der Waals surface area contributed by atoms with E-state index in [2.05, 4.69) is 4.72 Å². The maximum atomic E-state index is 15.3. The number of alkyl halides is 3. The Morgan fingerprint density at radius 1 is 1.00 bits per heavy atom. The quantitative estimate of drug-likeness (QED) is 0.587. The van der Waals surface area contributed by atoms with Crippen LogP contribution < -0.4 is 9.46 Å². The average molecular weight is 536 g/mol. The Balaban J connectivity index is 1.76. The van der Waals surface area contributed by atoms with Crippen molar-refractivity contribution in [2.75, 3.05) is 12.4 Å². The number of hydrogen-bond acceptors (Lipinski definition) is 5. The van der Waals surface area contributed by atoms with E-state index in [4.69, 9.17) is 4.74 Å². The summed E-state index contributed by atoms with van der Waals surface area (Å²) in [5.41, 5.74) is -0.918. The number of halogens is 5. The van der Waals surface area contributed by atoms with Gasteiger partial charge in [-0.1, -0.05) is 0 Å². The number of fused-ring (bicyclic) bond motifs is 4. The van der Waals surface area contributed by atoms with Crippen LogP contribution >= 0.6 is 0 Å². The van der Waals surface area contributed by atoms with Gasteiger partial charge >= 0.3 is 6.18 Å². The zero-order chi connectivity index (χ0) is 25.4. The minimum absolute atomic E-state index is 0.0464. The molecular formula is C22H18F5NO5S2. The number of hydrogen-bond donors (Lipinski definition) is 1. The van der Waals surface area contributed by atoms with Gasteiger partial charge in [0.1, 0.15) is 10.6 Å². The number of sulfonamides is 1. The Kier molecular flexibility index (Phi) is 5.26. The molecule has 5 rings (SSSR count). The van der Waals surface area contributed by atoms with Crippen LogP contribution in [0.1, 0.15) is 30.4 Å². The van der Waals surface area contributed by atoms with E-state index in [0.29, 0.717) is 17.7 Å². The van der Waals surface area contributed by atoms with Crippen molar-refractivity contribution in [1.29, 1.82) is 0 Å². The van der Waals surface area contributed by atoms with Crippen molar-refractivity contribution in [2.45, 2.75) is 35.1 Å². The van der Waals surface area contributed by atoms with Crippen molar-refractivity contribution in [3.63, 3.8) is 0 Å². The minimum Gasteiger partial charge on any atom is -0.489 e. The van der Waals surface area contributed by atoms with Crippen LogP contribution in [0.5, 0.6) is 5.75 Å². The van der Waals surface area contributed by atoms with E-state index in [1.54, 1.807) is 0 Å². The van der Waals surface area contributed by atoms with Crippen molar-refractivity contribution < 1.29 is 43.5 Å². The SMILES string of the molecule is O=S1(=O)CCC2=C(CC[C@@]3(S(=O)(=O)c4ccc(C(F)(F)F)cc4)c4c(F)ccc(F)c4OC[C@@H]23)N1. The Labute approximate surface area is 197 Å². The lowest BCUT2D eigenvalue weighted by molar-refractivity contribution is -0.137. The molecule has 0 radical (unpaired) electrons. The van der Waals surface area contributed by atoms with E-state index in [0.717, 1.165) is 24.3 Å². The molecule has 0 unspecified atom stereocenters. The van der Waals surface area contributed by atoms with Crippen LogP contribution in [0.3, 0.4) is 0 Å². The van der Waals surface area contributed by atoms with Gasteiger partial charge in [-0.3, -0.25) is 4.72 Å². The number of sulfone groups is 1. The van der Waals surface area contributed by atoms with E-state index in [1.165, 1.54) is 0 Å². The maximum absolute atomic E-state index is 15.3. The molecule has 13 heteroatoms. The highest BCUT2D eigenvalue weighted by atomic mass is 32.2. The van der Waals surface area contributed by atoms with Crippen LogP contribution in [0.4, 0.5) is 22.0 Å². The summed E-state index contributed by atoms with van der Waals surface area (Å²) in [5.74, 6) is -4.02. The molecule has 2 heterocycles. The third-order valence-corrected chi connectivity index (χ3v) is 10.7. The monoisotopic (exact) mass is 535 g/mol. The standard InChI is InChI=1S/C22H18F5NO5S2/c23-16-5-6-17(24)20-19(16)21(35(31,32)13-3-1-12(2-4-13)22(25,26)27)9-7-18-14(15(21)11-33-20)8-10-34(29,30)28-18/h1-6,15,28H,7-11H2/t15-,21-/m0/s1. The van der Waals surface area contributed by atoms with E-state index < -0.39 is 70.1 Å². The average Bonchev–Trinajstić information content (AvgIpc) is 2.79. The van der Waals surface area contributed by atoms with Gasteiger partial charge in [-0.15, -0.1) is 0 Å². The highest BCUT2D eigenvalue weighted by molar-refractivity contribution is 7.92. The molecule has 0 bridgehead atoms. The summed E-state index contributed by atoms with van der Waals surface area (Å²) in [6.45, 7) is -0.381. The van der Waals surface area contributed by atoms with Crippen LogP contribution in [-0.2, 0) is 30.8 Å². The fourth-order valence-corrected chi connectivity index (χ4v) is 8.85. The predicted octanol–water partition coefficient (Wildman–Crippen LogP) is 4.03. The number of ether oxygens (including phenoxy) is 1. The van der Waals surface area contributed by atoms with Crippen LogP contribution in [0, 0.1) is 17.6 Å². The molecule has 0 amide bonds. The van der Waals surface area contributed by atoms with Gasteiger partial charge in [0.05, 0.1) is 28.4 Å². The summed E-state index contributed by atoms with van der Waals surface area (Å²) >= 11 is 0. The molecule has 0 spiro atoms. The van der Waals surface area contributed by atoms with E-state index >= 15 is 4.39 Å². The Morgan fingerprint density at radius 2 is 1.66 bits per heavy atom. The first-order valence-corrected chi connectivity index (χ1v) is 13.7. The molecule has 35 heavy (non-hydrogen) atoms. The number of nitrogens with one attached hydrogen (secondary N) is 1. The summed E-state index contributed by atoms with van der Waals surface area (Å²) in [5, 5.41) is 0. The van der Waals surface area contributed by atoms with E-state index in [1.807, 2.05) is 0 Å². The number of benzene rings is 2. The van der Waals surface area contributed by atoms with Gasteiger partial charge in [0.2, 0.25) is 10.0 Å². The zero-order valence-corrected chi connectivity index (χ0v) is 19.5. The van der Waals surface area contributed by atoms with Gasteiger partial charge in [-0.2, -0.15) is 13.2 Å². The summed E-state index contributed by atoms with van der Waals surface area (Å²) in [7, 11) is -8.27. The zero-order valence-electron chi connectivity index (χ0n) is 17.8. The third kappa shape index (κ3) is 3.53. The fourth-order valence-electron chi connectivity index (χ4n) is 5.32. The summed E-state index contributed by atoms with van der Waals surface area (Å²) < 4.78 is 127. The first kappa shape index (κ1) is 24.0. The largest absolute Gasteiger partial charge is 0.489 e. The van der Waals surface area contributed by atoms with Crippen LogP contribution in [0.15, 0.2) is 52.6 Å². The van der Waals surface area contributed by atoms with Crippen molar-refractivity contribution in [2.24, 2.45) is 5.92 Å². The van der Waals surface area contributed by atoms with Gasteiger partial charge < -0.3 is 4.74 Å². The normalized spacial score (nSPS) is 25.6. The lowest BCUT2D eigenvalue weighted by Crippen LogP contribution is -2.54. The molecular weight excluding hydrogens is 517 g/mol. The highest BCUT2D eigenvalue weighted by Crippen LogP contribution is 2.58. The van der Waals surface area contributed by atoms with Crippen LogP contribution in [0.25, 0.3) is 0 Å². The van der Waals surface area contributed by atoms with E-state index in [-0.39, 0.29) is 37.3 Å². The molecule has 1 aliphatic carbocycles. The fraction of sp³-hybridized carbons (Fsp3) is 0.364. The highest BCUT2D eigenvalue weighted by Gasteiger charge is 2.61. The topological polar surface area (TPSA) is 89.5 Å². The number of allylic oxidation sites excluding steroid dienone is 1. The Hall–Kier alpha value is -2.67. The maximum Gasteiger partial charge on any atom is 0.416 e. The molecule has 2 aromatic carbocycles. The summed E-state index contributed by atoms with van der Waals surface area (Å²) in [4.78, 5) is -0.493. The first-order valence-electron chi connectivity index (χ1n) is 10.5. The Morgan fingerprint density at radius 3 is 2.31 bits per heavy atom. The van der Waals surface area contributed by atoms with Gasteiger partial charge in [0.15, 0.2) is 21.4 Å². The van der Waals surface area contributed by atoms with E-state index in [9.17, 15) is 34.4 Å². The minimum atomic E-state index is -4.70. The second kappa shape index (κ2) is 7.66. The smallest absolute Gasteiger partial charge is 0.416 e. The lowest BCUT2D eigenvalue weighted by atomic mass is 9.70. The van der Waals surface area contributed by atoms with Crippen molar-refractivity contribution in [3.05, 3.63) is 70.4 Å². The number of rotatable bonds is 2. The van der Waals surface area contributed by atoms with Crippen LogP contribution in [-0.4, -0.2) is 29.2 Å². The molecule has 2 atom stereocenters. The van der Waals surface area contributed by atoms with Crippen molar-refractivity contribution in [1.82, 2.24) is 4.72 Å². The van der Waals surface area contributed by atoms with Crippen LogP contribution in [0.2, 0.25) is 0 Å². The van der Waals surface area contributed by atoms with Gasteiger partial charge in [0.25, 0.3) is 0 Å². The third-order valence-electron chi connectivity index (χ3n) is 6.88. The molecule has 2 aromatic rings.